The fourth-order valence-electron chi connectivity index (χ4n) is 2.93. The summed E-state index contributed by atoms with van der Waals surface area (Å²) in [7, 11) is 0. The summed E-state index contributed by atoms with van der Waals surface area (Å²) in [5.41, 5.74) is 0.0500. The van der Waals surface area contributed by atoms with E-state index < -0.39 is 0 Å². The molecule has 0 bridgehead atoms. The minimum Gasteiger partial charge on any atom is -0.368 e. The van der Waals surface area contributed by atoms with Crippen molar-refractivity contribution in [2.24, 2.45) is 5.92 Å². The minimum absolute atomic E-state index is 0.0333. The molecule has 2 nitrogen and oxygen atoms in total. The molecule has 102 valence electrons. The normalized spacial score (nSPS) is 30.5. The zero-order valence-electron chi connectivity index (χ0n) is 12.4. The topological polar surface area (TPSA) is 21.3 Å². The van der Waals surface area contributed by atoms with Gasteiger partial charge in [0.1, 0.15) is 0 Å². The third-order valence-electron chi connectivity index (χ3n) is 3.81. The van der Waals surface area contributed by atoms with Gasteiger partial charge in [-0.05, 0) is 58.9 Å². The first kappa shape index (κ1) is 15.0. The van der Waals surface area contributed by atoms with Gasteiger partial charge < -0.3 is 10.1 Å². The first-order chi connectivity index (χ1) is 7.91. The fraction of sp³-hybridized carbons (Fsp3) is 1.00. The van der Waals surface area contributed by atoms with Crippen LogP contribution in [0.4, 0.5) is 0 Å². The SMILES string of the molecule is CCNCC1(OC(C)(C)C)CCC(CC)CC1. The monoisotopic (exact) mass is 241 g/mol. The summed E-state index contributed by atoms with van der Waals surface area (Å²) >= 11 is 0. The average Bonchev–Trinajstić information content (AvgIpc) is 2.25. The third-order valence-corrected chi connectivity index (χ3v) is 3.81. The van der Waals surface area contributed by atoms with E-state index in [1.54, 1.807) is 0 Å². The van der Waals surface area contributed by atoms with E-state index >= 15 is 0 Å². The van der Waals surface area contributed by atoms with Gasteiger partial charge in [-0.25, -0.2) is 0 Å². The molecule has 1 N–H and O–H groups in total. The van der Waals surface area contributed by atoms with Crippen molar-refractivity contribution in [3.63, 3.8) is 0 Å². The highest BCUT2D eigenvalue weighted by atomic mass is 16.5. The molecule has 0 unspecified atom stereocenters. The molecule has 2 heteroatoms. The highest BCUT2D eigenvalue weighted by molar-refractivity contribution is 4.91. The van der Waals surface area contributed by atoms with E-state index in [9.17, 15) is 0 Å². The quantitative estimate of drug-likeness (QED) is 0.791. The Bertz CT molecular complexity index is 211. The van der Waals surface area contributed by atoms with Crippen LogP contribution >= 0.6 is 0 Å². The molecule has 0 radical (unpaired) electrons. The van der Waals surface area contributed by atoms with Crippen molar-refractivity contribution in [3.8, 4) is 0 Å². The van der Waals surface area contributed by atoms with Gasteiger partial charge in [0.25, 0.3) is 0 Å². The van der Waals surface area contributed by atoms with Gasteiger partial charge >= 0.3 is 0 Å². The van der Waals surface area contributed by atoms with E-state index in [1.807, 2.05) is 0 Å². The lowest BCUT2D eigenvalue weighted by atomic mass is 9.77. The molecule has 1 rings (SSSR count). The standard InChI is InChI=1S/C15H31NO/c1-6-13-8-10-15(11-9-13,12-16-7-2)17-14(3,4)5/h13,16H,6-12H2,1-5H3. The summed E-state index contributed by atoms with van der Waals surface area (Å²) in [4.78, 5) is 0. The van der Waals surface area contributed by atoms with Gasteiger partial charge in [-0.1, -0.05) is 20.3 Å². The number of hydrogen-bond acceptors (Lipinski definition) is 2. The zero-order valence-corrected chi connectivity index (χ0v) is 12.4. The molecule has 0 aliphatic heterocycles. The van der Waals surface area contributed by atoms with Gasteiger partial charge in [0.05, 0.1) is 11.2 Å². The van der Waals surface area contributed by atoms with Crippen molar-refractivity contribution < 1.29 is 4.74 Å². The molecule has 1 saturated carbocycles. The van der Waals surface area contributed by atoms with Crippen LogP contribution in [0.3, 0.4) is 0 Å². The van der Waals surface area contributed by atoms with Crippen LogP contribution in [0, 0.1) is 5.92 Å². The molecule has 17 heavy (non-hydrogen) atoms. The van der Waals surface area contributed by atoms with Crippen molar-refractivity contribution in [1.82, 2.24) is 5.32 Å². The Balaban J connectivity index is 2.61. The van der Waals surface area contributed by atoms with Crippen molar-refractivity contribution in [2.75, 3.05) is 13.1 Å². The van der Waals surface area contributed by atoms with Gasteiger partial charge in [0.15, 0.2) is 0 Å². The highest BCUT2D eigenvalue weighted by Gasteiger charge is 2.38. The molecule has 0 spiro atoms. The van der Waals surface area contributed by atoms with Crippen molar-refractivity contribution in [2.45, 2.75) is 77.9 Å². The molecule has 0 aromatic carbocycles. The molecular formula is C15H31NO. The van der Waals surface area contributed by atoms with Crippen LogP contribution in [0.2, 0.25) is 0 Å². The van der Waals surface area contributed by atoms with E-state index in [0.717, 1.165) is 19.0 Å². The van der Waals surface area contributed by atoms with Gasteiger partial charge in [0.2, 0.25) is 0 Å². The number of hydrogen-bond donors (Lipinski definition) is 1. The Morgan fingerprint density at radius 1 is 1.18 bits per heavy atom. The lowest BCUT2D eigenvalue weighted by Gasteiger charge is -2.44. The first-order valence-corrected chi connectivity index (χ1v) is 7.31. The van der Waals surface area contributed by atoms with Crippen LogP contribution in [0.5, 0.6) is 0 Å². The van der Waals surface area contributed by atoms with E-state index in [1.165, 1.54) is 32.1 Å². The summed E-state index contributed by atoms with van der Waals surface area (Å²) in [5.74, 6) is 0.924. The molecule has 1 aliphatic carbocycles. The van der Waals surface area contributed by atoms with Crippen molar-refractivity contribution in [1.29, 1.82) is 0 Å². The van der Waals surface area contributed by atoms with Gasteiger partial charge in [0, 0.05) is 6.54 Å². The predicted octanol–water partition coefficient (Wildman–Crippen LogP) is 3.75. The lowest BCUT2D eigenvalue weighted by Crippen LogP contribution is -2.49. The highest BCUT2D eigenvalue weighted by Crippen LogP contribution is 2.38. The first-order valence-electron chi connectivity index (χ1n) is 7.31. The second-order valence-corrected chi connectivity index (χ2v) is 6.53. The molecule has 0 aromatic heterocycles. The molecule has 0 amide bonds. The molecule has 1 aliphatic rings. The summed E-state index contributed by atoms with van der Waals surface area (Å²) in [6.07, 6.45) is 6.42. The molecule has 0 heterocycles. The number of nitrogens with one attached hydrogen (secondary N) is 1. The summed E-state index contributed by atoms with van der Waals surface area (Å²) in [6.45, 7) is 13.0. The molecule has 0 aromatic rings. The number of ether oxygens (including phenoxy) is 1. The van der Waals surface area contributed by atoms with E-state index in [4.69, 9.17) is 4.74 Å². The second-order valence-electron chi connectivity index (χ2n) is 6.53. The van der Waals surface area contributed by atoms with E-state index in [2.05, 4.69) is 39.9 Å². The van der Waals surface area contributed by atoms with Crippen LogP contribution in [-0.4, -0.2) is 24.3 Å². The van der Waals surface area contributed by atoms with E-state index in [-0.39, 0.29) is 11.2 Å². The lowest BCUT2D eigenvalue weighted by molar-refractivity contribution is -0.151. The van der Waals surface area contributed by atoms with Gasteiger partial charge in [-0.3, -0.25) is 0 Å². The Hall–Kier alpha value is -0.0800. The largest absolute Gasteiger partial charge is 0.368 e. The molecular weight excluding hydrogens is 210 g/mol. The third kappa shape index (κ3) is 4.97. The maximum absolute atomic E-state index is 6.40. The van der Waals surface area contributed by atoms with Gasteiger partial charge in [-0.15, -0.1) is 0 Å². The van der Waals surface area contributed by atoms with Crippen LogP contribution in [0.1, 0.15) is 66.7 Å². The van der Waals surface area contributed by atoms with Crippen LogP contribution < -0.4 is 5.32 Å². The number of rotatable bonds is 5. The summed E-state index contributed by atoms with van der Waals surface area (Å²) in [6, 6.07) is 0. The Morgan fingerprint density at radius 3 is 2.18 bits per heavy atom. The fourth-order valence-corrected chi connectivity index (χ4v) is 2.93. The Labute approximate surface area is 108 Å². The van der Waals surface area contributed by atoms with Crippen molar-refractivity contribution in [3.05, 3.63) is 0 Å². The van der Waals surface area contributed by atoms with Crippen LogP contribution in [0.25, 0.3) is 0 Å². The van der Waals surface area contributed by atoms with Gasteiger partial charge in [-0.2, -0.15) is 0 Å². The Morgan fingerprint density at radius 2 is 1.76 bits per heavy atom. The zero-order chi connectivity index (χ0) is 12.9. The van der Waals surface area contributed by atoms with Crippen LogP contribution in [-0.2, 0) is 4.74 Å². The molecule has 0 saturated heterocycles. The maximum atomic E-state index is 6.40. The second kappa shape index (κ2) is 6.19. The smallest absolute Gasteiger partial charge is 0.0813 e. The van der Waals surface area contributed by atoms with Crippen LogP contribution in [0.15, 0.2) is 0 Å². The van der Waals surface area contributed by atoms with E-state index in [0.29, 0.717) is 0 Å². The van der Waals surface area contributed by atoms with Crippen molar-refractivity contribution >= 4 is 0 Å². The Kier molecular flexibility index (Phi) is 5.46. The average molecular weight is 241 g/mol. The minimum atomic E-state index is -0.0333. The maximum Gasteiger partial charge on any atom is 0.0813 e. The molecule has 0 atom stereocenters. The number of likely N-dealkylation sites (N-methyl/N-ethyl adjacent to an activating group) is 1. The molecule has 1 fully saturated rings. The summed E-state index contributed by atoms with van der Waals surface area (Å²) in [5, 5.41) is 3.49. The predicted molar refractivity (Wildman–Crippen MR) is 74.4 cm³/mol. The summed E-state index contributed by atoms with van der Waals surface area (Å²) < 4.78 is 6.40.